The number of carboxylic acids is 1. The van der Waals surface area contributed by atoms with Crippen LogP contribution in [-0.2, 0) is 14.4 Å². The van der Waals surface area contributed by atoms with E-state index in [9.17, 15) is 14.4 Å². The van der Waals surface area contributed by atoms with E-state index in [1.54, 1.807) is 4.90 Å². The van der Waals surface area contributed by atoms with Gasteiger partial charge in [-0.25, -0.2) is 0 Å². The number of nitrogens with two attached hydrogens (primary N) is 1. The summed E-state index contributed by atoms with van der Waals surface area (Å²) in [7, 11) is 0. The fourth-order valence-corrected chi connectivity index (χ4v) is 3.16. The number of nitrogens with zero attached hydrogens (tertiary/aromatic N) is 1. The molecule has 6 nitrogen and oxygen atoms in total. The predicted octanol–water partition coefficient (Wildman–Crippen LogP) is 0.354. The van der Waals surface area contributed by atoms with Crippen LogP contribution in [0.2, 0.25) is 0 Å². The van der Waals surface area contributed by atoms with Crippen molar-refractivity contribution in [2.24, 2.45) is 17.6 Å². The smallest absolute Gasteiger partial charge is 0.306 e. The monoisotopic (exact) mass is 268 g/mol. The molecular weight excluding hydrogens is 248 g/mol. The SMILES string of the molecule is NC(=O)C1CCCCN1C(=O)C1CCC(C(=O)O)C1. The van der Waals surface area contributed by atoms with Gasteiger partial charge in [0.1, 0.15) is 6.04 Å². The first-order valence-electron chi connectivity index (χ1n) is 6.83. The molecule has 3 atom stereocenters. The molecule has 3 N–H and O–H groups in total. The number of carbonyl (C=O) groups is 3. The van der Waals surface area contributed by atoms with E-state index in [1.807, 2.05) is 0 Å². The molecule has 0 spiro atoms. The number of amides is 2. The number of hydrogen-bond acceptors (Lipinski definition) is 3. The van der Waals surface area contributed by atoms with Crippen LogP contribution >= 0.6 is 0 Å². The highest BCUT2D eigenvalue weighted by atomic mass is 16.4. The molecular formula is C13H20N2O4. The third-order valence-electron chi connectivity index (χ3n) is 4.25. The van der Waals surface area contributed by atoms with E-state index in [-0.39, 0.29) is 11.8 Å². The van der Waals surface area contributed by atoms with E-state index in [0.29, 0.717) is 32.2 Å². The zero-order valence-corrected chi connectivity index (χ0v) is 10.9. The highest BCUT2D eigenvalue weighted by Crippen LogP contribution is 2.33. The number of likely N-dealkylation sites (tertiary alicyclic amines) is 1. The summed E-state index contributed by atoms with van der Waals surface area (Å²) in [5, 5.41) is 8.96. The average molecular weight is 268 g/mol. The molecule has 19 heavy (non-hydrogen) atoms. The molecule has 1 saturated heterocycles. The highest BCUT2D eigenvalue weighted by molar-refractivity contribution is 5.88. The Bertz CT molecular complexity index is 396. The lowest BCUT2D eigenvalue weighted by Crippen LogP contribution is -2.52. The van der Waals surface area contributed by atoms with Crippen molar-refractivity contribution in [1.29, 1.82) is 0 Å². The van der Waals surface area contributed by atoms with Crippen LogP contribution in [0.1, 0.15) is 38.5 Å². The Kier molecular flexibility index (Phi) is 4.07. The molecule has 3 unspecified atom stereocenters. The molecule has 2 amide bonds. The number of aliphatic carboxylic acids is 1. The average Bonchev–Trinajstić information content (AvgIpc) is 2.87. The number of primary amides is 1. The van der Waals surface area contributed by atoms with Gasteiger partial charge in [0.2, 0.25) is 11.8 Å². The number of rotatable bonds is 3. The molecule has 1 aliphatic carbocycles. The standard InChI is InChI=1S/C13H20N2O4/c14-11(16)10-3-1-2-6-15(10)12(17)8-4-5-9(7-8)13(18)19/h8-10H,1-7H2,(H2,14,16)(H,18,19). The van der Waals surface area contributed by atoms with Gasteiger partial charge in [0.15, 0.2) is 0 Å². The molecule has 0 aromatic rings. The lowest BCUT2D eigenvalue weighted by Gasteiger charge is -2.35. The van der Waals surface area contributed by atoms with Crippen LogP contribution in [0.3, 0.4) is 0 Å². The molecule has 2 aliphatic rings. The van der Waals surface area contributed by atoms with Crippen LogP contribution in [-0.4, -0.2) is 40.4 Å². The lowest BCUT2D eigenvalue weighted by molar-refractivity contribution is -0.145. The van der Waals surface area contributed by atoms with Gasteiger partial charge < -0.3 is 15.7 Å². The van der Waals surface area contributed by atoms with Crippen LogP contribution < -0.4 is 5.73 Å². The molecule has 2 rings (SSSR count). The van der Waals surface area contributed by atoms with Gasteiger partial charge in [-0.2, -0.15) is 0 Å². The first-order valence-corrected chi connectivity index (χ1v) is 6.83. The first kappa shape index (κ1) is 13.8. The molecule has 1 heterocycles. The Labute approximate surface area is 111 Å². The van der Waals surface area contributed by atoms with Crippen LogP contribution in [0.4, 0.5) is 0 Å². The summed E-state index contributed by atoms with van der Waals surface area (Å²) in [6, 6.07) is -0.509. The fraction of sp³-hybridized carbons (Fsp3) is 0.769. The zero-order chi connectivity index (χ0) is 14.0. The van der Waals surface area contributed by atoms with E-state index in [4.69, 9.17) is 10.8 Å². The summed E-state index contributed by atoms with van der Waals surface area (Å²) >= 11 is 0. The highest BCUT2D eigenvalue weighted by Gasteiger charge is 2.39. The topological polar surface area (TPSA) is 101 Å². The molecule has 106 valence electrons. The van der Waals surface area contributed by atoms with Gasteiger partial charge in [-0.3, -0.25) is 14.4 Å². The minimum Gasteiger partial charge on any atom is -0.481 e. The molecule has 1 saturated carbocycles. The van der Waals surface area contributed by atoms with Crippen LogP contribution in [0, 0.1) is 11.8 Å². The molecule has 0 aromatic heterocycles. The predicted molar refractivity (Wildman–Crippen MR) is 67.0 cm³/mol. The second-order valence-corrected chi connectivity index (χ2v) is 5.49. The van der Waals surface area contributed by atoms with Gasteiger partial charge in [-0.15, -0.1) is 0 Å². The summed E-state index contributed by atoms with van der Waals surface area (Å²) in [6.45, 7) is 0.556. The lowest BCUT2D eigenvalue weighted by atomic mass is 9.97. The zero-order valence-electron chi connectivity index (χ0n) is 10.9. The number of hydrogen-bond donors (Lipinski definition) is 2. The molecule has 0 aromatic carbocycles. The molecule has 0 bridgehead atoms. The third-order valence-corrected chi connectivity index (χ3v) is 4.25. The Balaban J connectivity index is 2.02. The summed E-state index contributed by atoms with van der Waals surface area (Å²) < 4.78 is 0. The van der Waals surface area contributed by atoms with Crippen molar-refractivity contribution in [3.8, 4) is 0 Å². The maximum absolute atomic E-state index is 12.4. The van der Waals surface area contributed by atoms with E-state index < -0.39 is 23.8 Å². The molecule has 1 aliphatic heterocycles. The maximum Gasteiger partial charge on any atom is 0.306 e. The van der Waals surface area contributed by atoms with Crippen LogP contribution in [0.5, 0.6) is 0 Å². The van der Waals surface area contributed by atoms with Gasteiger partial charge in [0, 0.05) is 12.5 Å². The Morgan fingerprint density at radius 2 is 1.74 bits per heavy atom. The quantitative estimate of drug-likeness (QED) is 0.771. The van der Waals surface area contributed by atoms with E-state index in [2.05, 4.69) is 0 Å². The summed E-state index contributed by atoms with van der Waals surface area (Å²) in [4.78, 5) is 36.3. The van der Waals surface area contributed by atoms with E-state index in [1.165, 1.54) is 0 Å². The second-order valence-electron chi connectivity index (χ2n) is 5.49. The Hall–Kier alpha value is -1.59. The van der Waals surface area contributed by atoms with Crippen molar-refractivity contribution in [3.05, 3.63) is 0 Å². The van der Waals surface area contributed by atoms with Crippen molar-refractivity contribution in [3.63, 3.8) is 0 Å². The minimum atomic E-state index is -0.833. The largest absolute Gasteiger partial charge is 0.481 e. The molecule has 2 fully saturated rings. The Morgan fingerprint density at radius 1 is 1.05 bits per heavy atom. The molecule has 6 heteroatoms. The minimum absolute atomic E-state index is 0.0905. The second kappa shape index (κ2) is 5.59. The van der Waals surface area contributed by atoms with Gasteiger partial charge in [0.05, 0.1) is 5.92 Å². The normalized spacial score (nSPS) is 31.2. The van der Waals surface area contributed by atoms with Crippen molar-refractivity contribution < 1.29 is 19.5 Å². The third kappa shape index (κ3) is 2.88. The summed E-state index contributed by atoms with van der Waals surface area (Å²) in [6.07, 6.45) is 3.93. The van der Waals surface area contributed by atoms with Gasteiger partial charge in [-0.05, 0) is 38.5 Å². The maximum atomic E-state index is 12.4. The van der Waals surface area contributed by atoms with Crippen LogP contribution in [0.15, 0.2) is 0 Å². The van der Waals surface area contributed by atoms with Crippen molar-refractivity contribution in [2.75, 3.05) is 6.54 Å². The number of piperidine rings is 1. The Morgan fingerprint density at radius 3 is 2.32 bits per heavy atom. The van der Waals surface area contributed by atoms with Crippen molar-refractivity contribution in [2.45, 2.75) is 44.6 Å². The van der Waals surface area contributed by atoms with Crippen molar-refractivity contribution >= 4 is 17.8 Å². The van der Waals surface area contributed by atoms with E-state index in [0.717, 1.165) is 12.8 Å². The van der Waals surface area contributed by atoms with Gasteiger partial charge in [-0.1, -0.05) is 0 Å². The first-order chi connectivity index (χ1) is 9.00. The van der Waals surface area contributed by atoms with Gasteiger partial charge >= 0.3 is 5.97 Å². The summed E-state index contributed by atoms with van der Waals surface area (Å²) in [5.41, 5.74) is 5.34. The van der Waals surface area contributed by atoms with E-state index >= 15 is 0 Å². The van der Waals surface area contributed by atoms with Gasteiger partial charge in [0.25, 0.3) is 0 Å². The van der Waals surface area contributed by atoms with Crippen molar-refractivity contribution in [1.82, 2.24) is 4.90 Å². The fourth-order valence-electron chi connectivity index (χ4n) is 3.16. The number of carbonyl (C=O) groups excluding carboxylic acids is 2. The number of carboxylic acid groups (broad SMARTS) is 1. The molecule has 0 radical (unpaired) electrons. The summed E-state index contributed by atoms with van der Waals surface area (Å²) in [5.74, 6) is -2.07. The van der Waals surface area contributed by atoms with Crippen LogP contribution in [0.25, 0.3) is 0 Å².